The average Bonchev–Trinajstić information content (AvgIpc) is 3.30. The first kappa shape index (κ1) is 26.9. The molecule has 196 valence electrons. The van der Waals surface area contributed by atoms with Gasteiger partial charge in [0.25, 0.3) is 5.91 Å². The number of hydrogen-bond acceptors (Lipinski definition) is 4. The van der Waals surface area contributed by atoms with E-state index in [0.29, 0.717) is 17.7 Å². The van der Waals surface area contributed by atoms with Crippen LogP contribution in [-0.2, 0) is 13.0 Å². The van der Waals surface area contributed by atoms with Gasteiger partial charge in [0.1, 0.15) is 17.4 Å². The van der Waals surface area contributed by atoms with Crippen LogP contribution in [0.3, 0.4) is 0 Å². The number of carbonyl (C=O) groups excluding carboxylic acids is 1. The van der Waals surface area contributed by atoms with Crippen LogP contribution in [0.1, 0.15) is 46.5 Å². The molecule has 4 rings (SSSR count). The summed E-state index contributed by atoms with van der Waals surface area (Å²) < 4.78 is 33.8. The van der Waals surface area contributed by atoms with Gasteiger partial charge in [0.05, 0.1) is 30.9 Å². The highest BCUT2D eigenvalue weighted by molar-refractivity contribution is 5.97. The molecule has 8 heteroatoms. The molecule has 0 unspecified atom stereocenters. The number of fused-ring (bicyclic) bond motifs is 1. The predicted molar refractivity (Wildman–Crippen MR) is 141 cm³/mol. The van der Waals surface area contributed by atoms with Crippen LogP contribution < -0.4 is 10.1 Å². The first-order valence-electron chi connectivity index (χ1n) is 12.2. The molecule has 4 N–H and O–H groups in total. The predicted octanol–water partition coefficient (Wildman–Crippen LogP) is 4.46. The summed E-state index contributed by atoms with van der Waals surface area (Å²) in [6.07, 6.45) is 2.07. The highest BCUT2D eigenvalue weighted by Gasteiger charge is 2.20. The van der Waals surface area contributed by atoms with Crippen molar-refractivity contribution in [3.63, 3.8) is 0 Å². The Morgan fingerprint density at radius 3 is 2.42 bits per heavy atom. The molecule has 0 saturated carbocycles. The number of nitrogens with one attached hydrogen (secondary N) is 2. The Morgan fingerprint density at radius 1 is 1.03 bits per heavy atom. The minimum absolute atomic E-state index is 0.0878. The van der Waals surface area contributed by atoms with E-state index in [0.717, 1.165) is 28.6 Å². The quantitative estimate of drug-likeness (QED) is 0.259. The lowest BCUT2D eigenvalue weighted by atomic mass is 10.0. The topological polar surface area (TPSA) is 94.6 Å². The number of aromatic nitrogens is 1. The largest absolute Gasteiger partial charge is 0.490 e. The van der Waals surface area contributed by atoms with Crippen molar-refractivity contribution in [2.75, 3.05) is 6.61 Å². The number of rotatable bonds is 8. The third kappa shape index (κ3) is 6.20. The summed E-state index contributed by atoms with van der Waals surface area (Å²) in [5, 5.41) is 23.0. The summed E-state index contributed by atoms with van der Waals surface area (Å²) in [4.78, 5) is 16.5. The van der Waals surface area contributed by atoms with Crippen molar-refractivity contribution < 1.29 is 28.5 Å². The maximum absolute atomic E-state index is 14.0. The van der Waals surface area contributed by atoms with Gasteiger partial charge < -0.3 is 25.3 Å². The van der Waals surface area contributed by atoms with Crippen LogP contribution in [0, 0.1) is 23.5 Å². The molecule has 3 aromatic carbocycles. The fourth-order valence-electron chi connectivity index (χ4n) is 4.10. The van der Waals surface area contributed by atoms with Crippen molar-refractivity contribution in [3.8, 4) is 17.6 Å². The van der Waals surface area contributed by atoms with Crippen LogP contribution in [-0.4, -0.2) is 39.9 Å². The monoisotopic (exact) mass is 518 g/mol. The molecular formula is C30H28F2N2O4. The van der Waals surface area contributed by atoms with E-state index in [-0.39, 0.29) is 23.8 Å². The molecular weight excluding hydrogens is 490 g/mol. The number of aliphatic hydroxyl groups is 2. The molecule has 1 aromatic heterocycles. The molecule has 38 heavy (non-hydrogen) atoms. The van der Waals surface area contributed by atoms with Crippen LogP contribution in [0.15, 0.2) is 60.8 Å². The third-order valence-electron chi connectivity index (χ3n) is 5.93. The number of H-pyrrole nitrogens is 1. The van der Waals surface area contributed by atoms with Gasteiger partial charge in [-0.3, -0.25) is 4.79 Å². The fourth-order valence-corrected chi connectivity index (χ4v) is 4.10. The van der Waals surface area contributed by atoms with Gasteiger partial charge in [0.2, 0.25) is 0 Å². The van der Waals surface area contributed by atoms with E-state index in [1.54, 1.807) is 12.1 Å². The van der Waals surface area contributed by atoms with Crippen LogP contribution in [0.5, 0.6) is 5.75 Å². The van der Waals surface area contributed by atoms with E-state index < -0.39 is 35.8 Å². The number of ether oxygens (including phenoxy) is 1. The Kier molecular flexibility index (Phi) is 8.41. The van der Waals surface area contributed by atoms with Gasteiger partial charge >= 0.3 is 0 Å². The van der Waals surface area contributed by atoms with Crippen LogP contribution >= 0.6 is 0 Å². The van der Waals surface area contributed by atoms with Gasteiger partial charge in [-0.05, 0) is 62.2 Å². The lowest BCUT2D eigenvalue weighted by molar-refractivity contribution is 0.0910. The molecule has 0 radical (unpaired) electrons. The van der Waals surface area contributed by atoms with Crippen molar-refractivity contribution in [2.45, 2.75) is 39.0 Å². The molecule has 1 heterocycles. The van der Waals surface area contributed by atoms with Gasteiger partial charge in [-0.25, -0.2) is 8.78 Å². The second kappa shape index (κ2) is 11.9. The Morgan fingerprint density at radius 2 is 1.74 bits per heavy atom. The number of para-hydroxylation sites is 1. The van der Waals surface area contributed by atoms with Crippen molar-refractivity contribution in [1.29, 1.82) is 0 Å². The standard InChI is InChI=1S/C30H28F2N2O4/c1-18(2)38-29-10-9-19(7-8-20-12-26(31)25(17-36)27(32)13-20)11-24(29)30(37)34-22(16-35)14-21-15-33-28-6-4-3-5-23(21)28/h3-6,9-13,15,18,22,33,35-36H,14,16-17H2,1-2H3,(H,34,37)/t22-/m1/s1. The number of hydrogen-bond donors (Lipinski definition) is 4. The maximum Gasteiger partial charge on any atom is 0.255 e. The van der Waals surface area contributed by atoms with Crippen molar-refractivity contribution in [1.82, 2.24) is 10.3 Å². The molecule has 0 aliphatic rings. The number of halogens is 2. The van der Waals surface area contributed by atoms with E-state index >= 15 is 0 Å². The van der Waals surface area contributed by atoms with Gasteiger partial charge in [0, 0.05) is 33.8 Å². The van der Waals surface area contributed by atoms with E-state index in [1.165, 1.54) is 6.07 Å². The van der Waals surface area contributed by atoms with E-state index in [2.05, 4.69) is 22.1 Å². The van der Waals surface area contributed by atoms with E-state index in [9.17, 15) is 18.7 Å². The number of amides is 1. The molecule has 0 spiro atoms. The van der Waals surface area contributed by atoms with Gasteiger partial charge in [-0.2, -0.15) is 0 Å². The van der Waals surface area contributed by atoms with Gasteiger partial charge in [0.15, 0.2) is 0 Å². The van der Waals surface area contributed by atoms with Crippen molar-refractivity contribution >= 4 is 16.8 Å². The average molecular weight is 519 g/mol. The smallest absolute Gasteiger partial charge is 0.255 e. The molecule has 0 fully saturated rings. The number of aliphatic hydroxyl groups excluding tert-OH is 2. The summed E-state index contributed by atoms with van der Waals surface area (Å²) in [5.41, 5.74) is 2.24. The lowest BCUT2D eigenvalue weighted by Gasteiger charge is -2.19. The van der Waals surface area contributed by atoms with Crippen molar-refractivity contribution in [2.24, 2.45) is 0 Å². The normalized spacial score (nSPS) is 11.8. The number of benzene rings is 3. The first-order chi connectivity index (χ1) is 18.3. The first-order valence-corrected chi connectivity index (χ1v) is 12.2. The SMILES string of the molecule is CC(C)Oc1ccc(C#Cc2cc(F)c(CO)c(F)c2)cc1C(=O)N[C@@H](CO)Cc1c[nH]c2ccccc12. The molecule has 1 amide bonds. The van der Waals surface area contributed by atoms with Crippen LogP contribution in [0.2, 0.25) is 0 Å². The summed E-state index contributed by atoms with van der Waals surface area (Å²) in [6.45, 7) is 2.65. The summed E-state index contributed by atoms with van der Waals surface area (Å²) in [6, 6.07) is 14.1. The summed E-state index contributed by atoms with van der Waals surface area (Å²) in [5.74, 6) is 3.63. The van der Waals surface area contributed by atoms with Gasteiger partial charge in [-0.15, -0.1) is 0 Å². The van der Waals surface area contributed by atoms with E-state index in [4.69, 9.17) is 9.84 Å². The molecule has 6 nitrogen and oxygen atoms in total. The highest BCUT2D eigenvalue weighted by atomic mass is 19.1. The second-order valence-corrected chi connectivity index (χ2v) is 9.12. The summed E-state index contributed by atoms with van der Waals surface area (Å²) >= 11 is 0. The Bertz CT molecular complexity index is 1490. The van der Waals surface area contributed by atoms with Crippen molar-refractivity contribution in [3.05, 3.63) is 100 Å². The molecule has 0 bridgehead atoms. The second-order valence-electron chi connectivity index (χ2n) is 9.12. The highest BCUT2D eigenvalue weighted by Crippen LogP contribution is 2.23. The molecule has 4 aromatic rings. The maximum atomic E-state index is 14.0. The van der Waals surface area contributed by atoms with Crippen LogP contribution in [0.25, 0.3) is 10.9 Å². The number of aromatic amines is 1. The molecule has 0 aliphatic heterocycles. The zero-order valence-electron chi connectivity index (χ0n) is 21.0. The lowest BCUT2D eigenvalue weighted by Crippen LogP contribution is -2.39. The zero-order chi connectivity index (χ0) is 27.2. The zero-order valence-corrected chi connectivity index (χ0v) is 21.0. The number of carbonyl (C=O) groups is 1. The Hall–Kier alpha value is -4.19. The molecule has 0 aliphatic carbocycles. The minimum atomic E-state index is -0.886. The Labute approximate surface area is 219 Å². The van der Waals surface area contributed by atoms with Crippen LogP contribution in [0.4, 0.5) is 8.78 Å². The van der Waals surface area contributed by atoms with E-state index in [1.807, 2.05) is 44.3 Å². The van der Waals surface area contributed by atoms with Gasteiger partial charge in [-0.1, -0.05) is 30.0 Å². The summed E-state index contributed by atoms with van der Waals surface area (Å²) in [7, 11) is 0. The third-order valence-corrected chi connectivity index (χ3v) is 5.93. The fraction of sp³-hybridized carbons (Fsp3) is 0.233. The minimum Gasteiger partial charge on any atom is -0.490 e. The Balaban J connectivity index is 1.59. The molecule has 0 saturated heterocycles. The molecule has 1 atom stereocenters.